The lowest BCUT2D eigenvalue weighted by Gasteiger charge is -2.29. The van der Waals surface area contributed by atoms with Gasteiger partial charge in [0.05, 0.1) is 18.8 Å². The van der Waals surface area contributed by atoms with Crippen LogP contribution in [0.2, 0.25) is 5.02 Å². The predicted molar refractivity (Wildman–Crippen MR) is 139 cm³/mol. The Morgan fingerprint density at radius 2 is 1.83 bits per heavy atom. The SMILES string of the molecule is O=C(O)c1cc(C2=C(c3cc(Cl)ccc3OCc3ccccc3)C=CC2)cc(N2CCOCC2)c1. The fourth-order valence-corrected chi connectivity index (χ4v) is 4.69. The van der Waals surface area contributed by atoms with Crippen LogP contribution in [0.3, 0.4) is 0 Å². The molecule has 0 amide bonds. The van der Waals surface area contributed by atoms with Crippen LogP contribution in [-0.2, 0) is 11.3 Å². The van der Waals surface area contributed by atoms with E-state index in [1.165, 1.54) is 0 Å². The van der Waals surface area contributed by atoms with E-state index < -0.39 is 5.97 Å². The maximum atomic E-state index is 12.0. The highest BCUT2D eigenvalue weighted by Crippen LogP contribution is 2.41. The number of hydrogen-bond donors (Lipinski definition) is 1. The highest BCUT2D eigenvalue weighted by atomic mass is 35.5. The van der Waals surface area contributed by atoms with Gasteiger partial charge in [0.15, 0.2) is 0 Å². The number of carbonyl (C=O) groups is 1. The first-order valence-corrected chi connectivity index (χ1v) is 12.0. The first-order chi connectivity index (χ1) is 17.1. The van der Waals surface area contributed by atoms with Crippen molar-refractivity contribution in [2.75, 3.05) is 31.2 Å². The molecule has 1 heterocycles. The third-order valence-corrected chi connectivity index (χ3v) is 6.53. The van der Waals surface area contributed by atoms with Crippen molar-refractivity contribution in [3.8, 4) is 5.75 Å². The number of hydrogen-bond acceptors (Lipinski definition) is 4. The Hall–Kier alpha value is -3.54. The Labute approximate surface area is 209 Å². The smallest absolute Gasteiger partial charge is 0.335 e. The number of carboxylic acids is 1. The topological polar surface area (TPSA) is 59.0 Å². The summed E-state index contributed by atoms with van der Waals surface area (Å²) in [6.45, 7) is 3.17. The standard InChI is InChI=1S/C29H26ClNO4/c30-23-9-10-28(35-19-20-5-2-1-3-6-20)27(18-23)26-8-4-7-25(26)21-15-22(29(32)33)17-24(16-21)31-11-13-34-14-12-31/h1-6,8-10,15-18H,7,11-14,19H2,(H,32,33). The molecule has 1 N–H and O–H groups in total. The molecule has 3 aromatic carbocycles. The highest BCUT2D eigenvalue weighted by molar-refractivity contribution is 6.31. The molecule has 1 aliphatic carbocycles. The van der Waals surface area contributed by atoms with Gasteiger partial charge in [-0.15, -0.1) is 0 Å². The molecule has 6 heteroatoms. The van der Waals surface area contributed by atoms with Crippen molar-refractivity contribution in [2.45, 2.75) is 13.0 Å². The Morgan fingerprint density at radius 3 is 2.60 bits per heavy atom. The van der Waals surface area contributed by atoms with Gasteiger partial charge in [-0.05, 0) is 65.1 Å². The van der Waals surface area contributed by atoms with Crippen LogP contribution in [-0.4, -0.2) is 37.4 Å². The molecule has 35 heavy (non-hydrogen) atoms. The normalized spacial score (nSPS) is 15.5. The van der Waals surface area contributed by atoms with Crippen LogP contribution in [0.1, 0.15) is 33.5 Å². The van der Waals surface area contributed by atoms with Gasteiger partial charge < -0.3 is 19.5 Å². The lowest BCUT2D eigenvalue weighted by molar-refractivity contribution is 0.0697. The van der Waals surface area contributed by atoms with E-state index in [-0.39, 0.29) is 5.56 Å². The van der Waals surface area contributed by atoms with Crippen molar-refractivity contribution in [1.82, 2.24) is 0 Å². The van der Waals surface area contributed by atoms with Crippen molar-refractivity contribution < 1.29 is 19.4 Å². The van der Waals surface area contributed by atoms with Gasteiger partial charge in [0.1, 0.15) is 12.4 Å². The van der Waals surface area contributed by atoms with Gasteiger partial charge >= 0.3 is 5.97 Å². The van der Waals surface area contributed by atoms with Crippen LogP contribution in [0.5, 0.6) is 5.75 Å². The third kappa shape index (κ3) is 5.26. The van der Waals surface area contributed by atoms with Crippen LogP contribution in [0.15, 0.2) is 78.9 Å². The van der Waals surface area contributed by atoms with Gasteiger partial charge in [0.2, 0.25) is 0 Å². The van der Waals surface area contributed by atoms with E-state index in [4.69, 9.17) is 21.1 Å². The Balaban J connectivity index is 1.55. The number of halogens is 1. The summed E-state index contributed by atoms with van der Waals surface area (Å²) in [6.07, 6.45) is 4.86. The van der Waals surface area contributed by atoms with E-state index in [9.17, 15) is 9.90 Å². The summed E-state index contributed by atoms with van der Waals surface area (Å²) in [7, 11) is 0. The van der Waals surface area contributed by atoms with Crippen molar-refractivity contribution >= 4 is 34.4 Å². The zero-order valence-corrected chi connectivity index (χ0v) is 20.0. The number of nitrogens with zero attached hydrogens (tertiary/aromatic N) is 1. The van der Waals surface area contributed by atoms with Gasteiger partial charge in [-0.1, -0.05) is 54.1 Å². The summed E-state index contributed by atoms with van der Waals surface area (Å²) in [5, 5.41) is 10.4. The molecule has 5 nitrogen and oxygen atoms in total. The summed E-state index contributed by atoms with van der Waals surface area (Å²) in [6, 6.07) is 21.2. The Bertz CT molecular complexity index is 1290. The van der Waals surface area contributed by atoms with Gasteiger partial charge in [-0.2, -0.15) is 0 Å². The van der Waals surface area contributed by atoms with Gasteiger partial charge in [0.25, 0.3) is 0 Å². The summed E-state index contributed by atoms with van der Waals surface area (Å²) >= 11 is 6.40. The minimum atomic E-state index is -0.941. The Kier molecular flexibility index (Phi) is 6.89. The molecule has 178 valence electrons. The maximum absolute atomic E-state index is 12.0. The fourth-order valence-electron chi connectivity index (χ4n) is 4.52. The number of carboxylic acid groups (broad SMARTS) is 1. The van der Waals surface area contributed by atoms with Crippen LogP contribution in [0, 0.1) is 0 Å². The second-order valence-corrected chi connectivity index (χ2v) is 9.02. The second kappa shape index (κ2) is 10.4. The van der Waals surface area contributed by atoms with E-state index >= 15 is 0 Å². The number of anilines is 1. The minimum Gasteiger partial charge on any atom is -0.488 e. The molecule has 5 rings (SSSR count). The summed E-state index contributed by atoms with van der Waals surface area (Å²) in [5.41, 5.74) is 6.07. The zero-order chi connectivity index (χ0) is 24.2. The highest BCUT2D eigenvalue weighted by Gasteiger charge is 2.21. The molecule has 1 saturated heterocycles. The molecule has 0 spiro atoms. The molecular formula is C29H26ClNO4. The summed E-state index contributed by atoms with van der Waals surface area (Å²) in [4.78, 5) is 14.1. The minimum absolute atomic E-state index is 0.273. The van der Waals surface area contributed by atoms with Crippen molar-refractivity contribution in [1.29, 1.82) is 0 Å². The molecule has 0 saturated carbocycles. The number of ether oxygens (including phenoxy) is 2. The average molecular weight is 488 g/mol. The molecule has 0 atom stereocenters. The number of rotatable bonds is 7. The second-order valence-electron chi connectivity index (χ2n) is 8.59. The third-order valence-electron chi connectivity index (χ3n) is 6.29. The van der Waals surface area contributed by atoms with Gasteiger partial charge in [0, 0.05) is 29.4 Å². The Morgan fingerprint density at radius 1 is 1.03 bits per heavy atom. The van der Waals surface area contributed by atoms with E-state index in [0.29, 0.717) is 31.3 Å². The van der Waals surface area contributed by atoms with Crippen molar-refractivity contribution in [2.24, 2.45) is 0 Å². The van der Waals surface area contributed by atoms with Gasteiger partial charge in [-0.25, -0.2) is 4.79 Å². The molecule has 0 bridgehead atoms. The fraction of sp³-hybridized carbons (Fsp3) is 0.207. The molecule has 1 aliphatic heterocycles. The van der Waals surface area contributed by atoms with E-state index in [0.717, 1.165) is 52.4 Å². The van der Waals surface area contributed by atoms with Crippen LogP contribution < -0.4 is 9.64 Å². The lowest BCUT2D eigenvalue weighted by Crippen LogP contribution is -2.36. The summed E-state index contributed by atoms with van der Waals surface area (Å²) in [5.74, 6) is -0.204. The molecule has 0 aromatic heterocycles. The van der Waals surface area contributed by atoms with Gasteiger partial charge in [-0.3, -0.25) is 0 Å². The van der Waals surface area contributed by atoms with Crippen LogP contribution >= 0.6 is 11.6 Å². The molecular weight excluding hydrogens is 462 g/mol. The zero-order valence-electron chi connectivity index (χ0n) is 19.2. The van der Waals surface area contributed by atoms with Crippen LogP contribution in [0.4, 0.5) is 5.69 Å². The predicted octanol–water partition coefficient (Wildman–Crippen LogP) is 6.32. The quantitative estimate of drug-likeness (QED) is 0.422. The molecule has 0 unspecified atom stereocenters. The number of morpholine rings is 1. The van der Waals surface area contributed by atoms with E-state index in [1.807, 2.05) is 48.5 Å². The summed E-state index contributed by atoms with van der Waals surface area (Å²) < 4.78 is 11.7. The monoisotopic (exact) mass is 487 g/mol. The van der Waals surface area contributed by atoms with Crippen molar-refractivity contribution in [3.63, 3.8) is 0 Å². The number of allylic oxidation sites excluding steroid dienone is 4. The van der Waals surface area contributed by atoms with Crippen LogP contribution in [0.25, 0.3) is 11.1 Å². The maximum Gasteiger partial charge on any atom is 0.335 e. The number of benzene rings is 3. The first kappa shape index (κ1) is 23.2. The van der Waals surface area contributed by atoms with E-state index in [2.05, 4.69) is 23.1 Å². The lowest BCUT2D eigenvalue weighted by atomic mass is 9.94. The largest absolute Gasteiger partial charge is 0.488 e. The average Bonchev–Trinajstić information content (AvgIpc) is 3.39. The molecule has 3 aromatic rings. The molecule has 1 fully saturated rings. The van der Waals surface area contributed by atoms with Crippen molar-refractivity contribution in [3.05, 3.63) is 106 Å². The molecule has 0 radical (unpaired) electrons. The van der Waals surface area contributed by atoms with E-state index in [1.54, 1.807) is 12.1 Å². The first-order valence-electron chi connectivity index (χ1n) is 11.7. The number of aromatic carboxylic acids is 1. The molecule has 2 aliphatic rings.